The van der Waals surface area contributed by atoms with Gasteiger partial charge in [-0.1, -0.05) is 0 Å². The number of amides is 2. The van der Waals surface area contributed by atoms with E-state index in [2.05, 4.69) is 0 Å². The molecular weight excluding hydrogens is 308 g/mol. The molecular formula is C14H26N2O7. The maximum absolute atomic E-state index is 11.4. The lowest BCUT2D eigenvalue weighted by molar-refractivity contribution is -0.293. The first-order valence-electron chi connectivity index (χ1n) is 7.63. The fourth-order valence-corrected chi connectivity index (χ4v) is 2.43. The molecule has 0 aromatic carbocycles. The molecule has 1 fully saturated rings. The number of nitrogens with two attached hydrogens (primary N) is 2. The number of aliphatic hydroxyl groups excluding tert-OH is 3. The molecule has 6 atom stereocenters. The van der Waals surface area contributed by atoms with Crippen LogP contribution in [0.4, 0.5) is 0 Å². The third kappa shape index (κ3) is 6.04. The second-order valence-corrected chi connectivity index (χ2v) is 5.80. The third-order valence-electron chi connectivity index (χ3n) is 3.93. The van der Waals surface area contributed by atoms with Gasteiger partial charge in [0.25, 0.3) is 0 Å². The third-order valence-corrected chi connectivity index (χ3v) is 3.93. The molecule has 134 valence electrons. The molecule has 9 heteroatoms. The van der Waals surface area contributed by atoms with E-state index in [0.29, 0.717) is 12.8 Å². The van der Waals surface area contributed by atoms with Gasteiger partial charge in [0.05, 0.1) is 12.7 Å². The van der Waals surface area contributed by atoms with E-state index < -0.39 is 48.4 Å². The van der Waals surface area contributed by atoms with Crippen LogP contribution in [0.3, 0.4) is 0 Å². The van der Waals surface area contributed by atoms with Crippen LogP contribution in [0.15, 0.2) is 0 Å². The summed E-state index contributed by atoms with van der Waals surface area (Å²) in [4.78, 5) is 22.1. The van der Waals surface area contributed by atoms with Gasteiger partial charge in [-0.2, -0.15) is 0 Å². The fraction of sp³-hybridized carbons (Fsp3) is 0.857. The zero-order valence-electron chi connectivity index (χ0n) is 13.1. The second-order valence-electron chi connectivity index (χ2n) is 5.80. The molecule has 7 N–H and O–H groups in total. The first kappa shape index (κ1) is 19.8. The summed E-state index contributed by atoms with van der Waals surface area (Å²) in [5.74, 6) is -1.43. The monoisotopic (exact) mass is 334 g/mol. The van der Waals surface area contributed by atoms with Crippen molar-refractivity contribution in [1.29, 1.82) is 0 Å². The average Bonchev–Trinajstić information content (AvgIpc) is 2.48. The van der Waals surface area contributed by atoms with Crippen molar-refractivity contribution < 1.29 is 34.4 Å². The van der Waals surface area contributed by atoms with Gasteiger partial charge >= 0.3 is 0 Å². The van der Waals surface area contributed by atoms with Crippen molar-refractivity contribution in [1.82, 2.24) is 0 Å². The van der Waals surface area contributed by atoms with Gasteiger partial charge in [-0.15, -0.1) is 0 Å². The summed E-state index contributed by atoms with van der Waals surface area (Å²) in [6.45, 7) is 1.62. The predicted molar refractivity (Wildman–Crippen MR) is 78.7 cm³/mol. The lowest BCUT2D eigenvalue weighted by Gasteiger charge is -2.39. The van der Waals surface area contributed by atoms with Crippen LogP contribution in [0.5, 0.6) is 0 Å². The molecule has 1 aliphatic heterocycles. The molecule has 1 saturated heterocycles. The number of carbonyl (C=O) groups is 2. The molecule has 0 aromatic rings. The number of carbonyl (C=O) groups excluding carboxylic acids is 2. The molecule has 0 aromatic heterocycles. The first-order chi connectivity index (χ1) is 10.7. The van der Waals surface area contributed by atoms with E-state index in [1.54, 1.807) is 6.92 Å². The standard InChI is InChI=1S/C14H26N2O7/c1-7-10(18)11(19)12(20)14(23-7)22-6-5-8(13(16)21)3-2-4-9(15)17/h7-8,10-12,14,18-20H,2-6H2,1H3,(H2,15,17)(H2,16,21)/t7-,8?,10+,11+,12-,14+/m0/s1. The predicted octanol–water partition coefficient (Wildman–Crippen LogP) is -2.02. The summed E-state index contributed by atoms with van der Waals surface area (Å²) < 4.78 is 10.6. The van der Waals surface area contributed by atoms with E-state index in [1.165, 1.54) is 0 Å². The van der Waals surface area contributed by atoms with E-state index in [4.69, 9.17) is 20.9 Å². The number of hydrogen-bond donors (Lipinski definition) is 5. The van der Waals surface area contributed by atoms with E-state index >= 15 is 0 Å². The lowest BCUT2D eigenvalue weighted by atomic mass is 9.97. The Morgan fingerprint density at radius 2 is 1.78 bits per heavy atom. The van der Waals surface area contributed by atoms with Crippen LogP contribution in [0, 0.1) is 5.92 Å². The van der Waals surface area contributed by atoms with Gasteiger partial charge < -0.3 is 36.3 Å². The summed E-state index contributed by atoms with van der Waals surface area (Å²) in [6.07, 6.45) is -4.42. The summed E-state index contributed by atoms with van der Waals surface area (Å²) in [6, 6.07) is 0. The Balaban J connectivity index is 2.40. The van der Waals surface area contributed by atoms with Crippen molar-refractivity contribution in [2.75, 3.05) is 6.61 Å². The van der Waals surface area contributed by atoms with Gasteiger partial charge in [0, 0.05) is 12.3 Å². The summed E-state index contributed by atoms with van der Waals surface area (Å²) in [5.41, 5.74) is 10.3. The van der Waals surface area contributed by atoms with Gasteiger partial charge in [0.1, 0.15) is 18.3 Å². The summed E-state index contributed by atoms with van der Waals surface area (Å²) >= 11 is 0. The minimum absolute atomic E-state index is 0.0709. The van der Waals surface area contributed by atoms with E-state index in [-0.39, 0.29) is 19.4 Å². The Morgan fingerprint density at radius 1 is 1.13 bits per heavy atom. The quantitative estimate of drug-likeness (QED) is 0.324. The van der Waals surface area contributed by atoms with Crippen molar-refractivity contribution in [2.45, 2.75) is 63.3 Å². The molecule has 0 radical (unpaired) electrons. The minimum Gasteiger partial charge on any atom is -0.388 e. The van der Waals surface area contributed by atoms with Crippen molar-refractivity contribution in [3.63, 3.8) is 0 Å². The highest BCUT2D eigenvalue weighted by Gasteiger charge is 2.42. The van der Waals surface area contributed by atoms with E-state index in [1.807, 2.05) is 0 Å². The molecule has 1 heterocycles. The highest BCUT2D eigenvalue weighted by Crippen LogP contribution is 2.22. The van der Waals surface area contributed by atoms with Gasteiger partial charge in [-0.3, -0.25) is 9.59 Å². The normalized spacial score (nSPS) is 32.4. The van der Waals surface area contributed by atoms with Crippen molar-refractivity contribution in [2.24, 2.45) is 17.4 Å². The number of rotatable bonds is 9. The summed E-state index contributed by atoms with van der Waals surface area (Å²) in [5, 5.41) is 29.0. The van der Waals surface area contributed by atoms with E-state index in [9.17, 15) is 24.9 Å². The molecule has 0 bridgehead atoms. The highest BCUT2D eigenvalue weighted by molar-refractivity contribution is 5.77. The van der Waals surface area contributed by atoms with Crippen LogP contribution in [-0.2, 0) is 19.1 Å². The van der Waals surface area contributed by atoms with Crippen LogP contribution in [0.1, 0.15) is 32.6 Å². The molecule has 2 amide bonds. The zero-order chi connectivity index (χ0) is 17.6. The Kier molecular flexibility index (Phi) is 7.86. The Labute approximate surface area is 134 Å². The number of aliphatic hydroxyl groups is 3. The largest absolute Gasteiger partial charge is 0.388 e. The number of primary amides is 2. The van der Waals surface area contributed by atoms with Crippen LogP contribution in [0.2, 0.25) is 0 Å². The number of hydrogen-bond acceptors (Lipinski definition) is 7. The van der Waals surface area contributed by atoms with Gasteiger partial charge in [0.15, 0.2) is 6.29 Å². The summed E-state index contributed by atoms with van der Waals surface area (Å²) in [7, 11) is 0. The molecule has 0 aliphatic carbocycles. The van der Waals surface area contributed by atoms with Crippen LogP contribution < -0.4 is 11.5 Å². The zero-order valence-corrected chi connectivity index (χ0v) is 13.1. The molecule has 1 aliphatic rings. The van der Waals surface area contributed by atoms with Gasteiger partial charge in [-0.25, -0.2) is 0 Å². The SMILES string of the molecule is C[C@@H]1O[C@@H](OCCC(CCCC(N)=O)C(N)=O)[C@@H](O)[C@H](O)[C@@H]1O. The highest BCUT2D eigenvalue weighted by atomic mass is 16.7. The van der Waals surface area contributed by atoms with Crippen LogP contribution >= 0.6 is 0 Å². The minimum atomic E-state index is -1.39. The molecule has 9 nitrogen and oxygen atoms in total. The second kappa shape index (κ2) is 9.14. The van der Waals surface area contributed by atoms with Crippen molar-refractivity contribution in [3.05, 3.63) is 0 Å². The molecule has 1 unspecified atom stereocenters. The molecule has 1 rings (SSSR count). The van der Waals surface area contributed by atoms with E-state index in [0.717, 1.165) is 0 Å². The fourth-order valence-electron chi connectivity index (χ4n) is 2.43. The molecule has 0 saturated carbocycles. The van der Waals surface area contributed by atoms with Gasteiger partial charge in [0.2, 0.25) is 11.8 Å². The Morgan fingerprint density at radius 3 is 2.35 bits per heavy atom. The van der Waals surface area contributed by atoms with Crippen molar-refractivity contribution >= 4 is 11.8 Å². The topological polar surface area (TPSA) is 165 Å². The first-order valence-corrected chi connectivity index (χ1v) is 7.63. The Hall–Kier alpha value is -1.26. The Bertz CT molecular complexity index is 407. The average molecular weight is 334 g/mol. The smallest absolute Gasteiger partial charge is 0.220 e. The molecule has 23 heavy (non-hydrogen) atoms. The number of ether oxygens (including phenoxy) is 2. The van der Waals surface area contributed by atoms with Crippen LogP contribution in [0.25, 0.3) is 0 Å². The lowest BCUT2D eigenvalue weighted by Crippen LogP contribution is -2.57. The van der Waals surface area contributed by atoms with Gasteiger partial charge in [-0.05, 0) is 26.2 Å². The van der Waals surface area contributed by atoms with Crippen LogP contribution in [-0.4, -0.2) is 64.4 Å². The van der Waals surface area contributed by atoms with Crippen molar-refractivity contribution in [3.8, 4) is 0 Å². The maximum atomic E-state index is 11.4. The molecule has 0 spiro atoms. The maximum Gasteiger partial charge on any atom is 0.220 e.